The highest BCUT2D eigenvalue weighted by Crippen LogP contribution is 2.14. The van der Waals surface area contributed by atoms with Crippen molar-refractivity contribution in [2.75, 3.05) is 0 Å². The van der Waals surface area contributed by atoms with Crippen molar-refractivity contribution in [3.8, 4) is 0 Å². The molecule has 5 nitrogen and oxygen atoms in total. The van der Waals surface area contributed by atoms with Gasteiger partial charge in [0.05, 0.1) is 4.92 Å². The summed E-state index contributed by atoms with van der Waals surface area (Å²) in [4.78, 5) is 25.7. The van der Waals surface area contributed by atoms with E-state index in [1.807, 2.05) is 0 Å². The van der Waals surface area contributed by atoms with Crippen LogP contribution in [0.25, 0.3) is 0 Å². The molecule has 0 atom stereocenters. The summed E-state index contributed by atoms with van der Waals surface area (Å²) in [5.41, 5.74) is 0.831. The number of rotatable bonds is 3. The molecule has 0 aliphatic rings. The zero-order valence-electron chi connectivity index (χ0n) is 8.74. The number of pyridine rings is 1. The number of nitro benzene ring substituents is 1. The standard InChI is InChI=1S/C12H8N2O3/c15-12(10-2-1-7-13-8-10)9-3-5-11(6-4-9)14(16)17/h1-8H. The molecule has 0 spiro atoms. The van der Waals surface area contributed by atoms with E-state index in [2.05, 4.69) is 4.98 Å². The van der Waals surface area contributed by atoms with E-state index in [9.17, 15) is 14.9 Å². The molecular weight excluding hydrogens is 220 g/mol. The Hall–Kier alpha value is -2.56. The zero-order chi connectivity index (χ0) is 12.3. The molecule has 5 heteroatoms. The van der Waals surface area contributed by atoms with Crippen molar-refractivity contribution in [3.05, 3.63) is 70.0 Å². The monoisotopic (exact) mass is 228 g/mol. The average molecular weight is 228 g/mol. The van der Waals surface area contributed by atoms with Gasteiger partial charge in [-0.1, -0.05) is 0 Å². The second-order valence-corrected chi connectivity index (χ2v) is 3.37. The summed E-state index contributed by atoms with van der Waals surface area (Å²) in [6, 6.07) is 8.81. The zero-order valence-corrected chi connectivity index (χ0v) is 8.74. The number of ketones is 1. The molecule has 0 N–H and O–H groups in total. The number of non-ortho nitro benzene ring substituents is 1. The van der Waals surface area contributed by atoms with E-state index in [-0.39, 0.29) is 11.5 Å². The fourth-order valence-corrected chi connectivity index (χ4v) is 1.40. The van der Waals surface area contributed by atoms with E-state index in [0.717, 1.165) is 0 Å². The van der Waals surface area contributed by atoms with Crippen LogP contribution in [0.4, 0.5) is 5.69 Å². The van der Waals surface area contributed by atoms with E-state index in [1.54, 1.807) is 18.3 Å². The highest BCUT2D eigenvalue weighted by Gasteiger charge is 2.11. The number of nitro groups is 1. The van der Waals surface area contributed by atoms with Gasteiger partial charge in [0, 0.05) is 35.7 Å². The molecule has 1 aromatic carbocycles. The molecule has 0 aliphatic carbocycles. The Morgan fingerprint density at radius 2 is 1.82 bits per heavy atom. The number of hydrogen-bond donors (Lipinski definition) is 0. The first-order valence-corrected chi connectivity index (χ1v) is 4.87. The summed E-state index contributed by atoms with van der Waals surface area (Å²) >= 11 is 0. The molecule has 0 radical (unpaired) electrons. The highest BCUT2D eigenvalue weighted by atomic mass is 16.6. The average Bonchev–Trinajstić information content (AvgIpc) is 2.39. The van der Waals surface area contributed by atoms with Crippen molar-refractivity contribution in [2.24, 2.45) is 0 Å². The highest BCUT2D eigenvalue weighted by molar-refractivity contribution is 6.08. The van der Waals surface area contributed by atoms with Gasteiger partial charge in [-0.15, -0.1) is 0 Å². The van der Waals surface area contributed by atoms with Gasteiger partial charge in [0.25, 0.3) is 5.69 Å². The predicted molar refractivity (Wildman–Crippen MR) is 60.8 cm³/mol. The summed E-state index contributed by atoms with van der Waals surface area (Å²) in [7, 11) is 0. The van der Waals surface area contributed by atoms with Gasteiger partial charge in [-0.25, -0.2) is 0 Å². The van der Waals surface area contributed by atoms with Gasteiger partial charge >= 0.3 is 0 Å². The molecule has 84 valence electrons. The molecule has 0 amide bonds. The molecule has 0 saturated carbocycles. The van der Waals surface area contributed by atoms with Crippen molar-refractivity contribution in [1.82, 2.24) is 4.98 Å². The second-order valence-electron chi connectivity index (χ2n) is 3.37. The molecule has 2 aromatic rings. The molecule has 0 saturated heterocycles. The summed E-state index contributed by atoms with van der Waals surface area (Å²) < 4.78 is 0. The summed E-state index contributed by atoms with van der Waals surface area (Å²) in [6.45, 7) is 0. The smallest absolute Gasteiger partial charge is 0.269 e. The molecular formula is C12H8N2O3. The molecule has 1 aromatic heterocycles. The summed E-state index contributed by atoms with van der Waals surface area (Å²) in [5.74, 6) is -0.201. The molecule has 17 heavy (non-hydrogen) atoms. The van der Waals surface area contributed by atoms with Crippen LogP contribution in [0.2, 0.25) is 0 Å². The Morgan fingerprint density at radius 3 is 2.35 bits per heavy atom. The molecule has 0 bridgehead atoms. The third kappa shape index (κ3) is 2.34. The third-order valence-corrected chi connectivity index (χ3v) is 2.26. The van der Waals surface area contributed by atoms with Crippen molar-refractivity contribution in [2.45, 2.75) is 0 Å². The Labute approximate surface area is 96.9 Å². The lowest BCUT2D eigenvalue weighted by Crippen LogP contribution is -2.01. The van der Waals surface area contributed by atoms with Gasteiger partial charge in [0.1, 0.15) is 0 Å². The molecule has 0 unspecified atom stereocenters. The van der Waals surface area contributed by atoms with Crippen molar-refractivity contribution >= 4 is 11.5 Å². The number of benzene rings is 1. The number of carbonyl (C=O) groups is 1. The first kappa shape index (κ1) is 10.9. The van der Waals surface area contributed by atoms with Gasteiger partial charge in [0.15, 0.2) is 5.78 Å². The quantitative estimate of drug-likeness (QED) is 0.458. The number of hydrogen-bond acceptors (Lipinski definition) is 4. The molecule has 0 aliphatic heterocycles. The fourth-order valence-electron chi connectivity index (χ4n) is 1.40. The van der Waals surface area contributed by atoms with Gasteiger partial charge < -0.3 is 0 Å². The minimum absolute atomic E-state index is 0.0345. The first-order chi connectivity index (χ1) is 8.18. The second kappa shape index (κ2) is 4.52. The predicted octanol–water partition coefficient (Wildman–Crippen LogP) is 2.22. The van der Waals surface area contributed by atoms with Crippen LogP contribution in [0.1, 0.15) is 15.9 Å². The Morgan fingerprint density at radius 1 is 1.12 bits per heavy atom. The number of aromatic nitrogens is 1. The lowest BCUT2D eigenvalue weighted by atomic mass is 10.1. The minimum atomic E-state index is -0.502. The lowest BCUT2D eigenvalue weighted by molar-refractivity contribution is -0.384. The fraction of sp³-hybridized carbons (Fsp3) is 0. The van der Waals surface area contributed by atoms with E-state index in [1.165, 1.54) is 30.5 Å². The van der Waals surface area contributed by atoms with Gasteiger partial charge in [0.2, 0.25) is 0 Å². The Bertz CT molecular complexity index is 550. The van der Waals surface area contributed by atoms with Crippen LogP contribution in [0.5, 0.6) is 0 Å². The maximum Gasteiger partial charge on any atom is 0.269 e. The van der Waals surface area contributed by atoms with Crippen LogP contribution in [0, 0.1) is 10.1 Å². The lowest BCUT2D eigenvalue weighted by Gasteiger charge is -1.99. The minimum Gasteiger partial charge on any atom is -0.289 e. The third-order valence-electron chi connectivity index (χ3n) is 2.26. The van der Waals surface area contributed by atoms with Gasteiger partial charge in [-0.05, 0) is 24.3 Å². The van der Waals surface area contributed by atoms with E-state index < -0.39 is 4.92 Å². The molecule has 2 rings (SSSR count). The Balaban J connectivity index is 2.30. The van der Waals surface area contributed by atoms with Crippen LogP contribution in [0.15, 0.2) is 48.8 Å². The topological polar surface area (TPSA) is 73.1 Å². The summed E-state index contributed by atoms with van der Waals surface area (Å²) in [6.07, 6.45) is 3.04. The maximum absolute atomic E-state index is 11.9. The first-order valence-electron chi connectivity index (χ1n) is 4.87. The van der Waals surface area contributed by atoms with Crippen LogP contribution < -0.4 is 0 Å². The van der Waals surface area contributed by atoms with E-state index >= 15 is 0 Å². The van der Waals surface area contributed by atoms with Gasteiger partial charge in [-0.3, -0.25) is 19.9 Å². The van der Waals surface area contributed by atoms with Crippen molar-refractivity contribution in [3.63, 3.8) is 0 Å². The Kier molecular flexibility index (Phi) is 2.91. The van der Waals surface area contributed by atoms with Crippen LogP contribution in [0.3, 0.4) is 0 Å². The van der Waals surface area contributed by atoms with Crippen molar-refractivity contribution < 1.29 is 9.72 Å². The largest absolute Gasteiger partial charge is 0.289 e. The van der Waals surface area contributed by atoms with Crippen LogP contribution >= 0.6 is 0 Å². The van der Waals surface area contributed by atoms with E-state index in [0.29, 0.717) is 11.1 Å². The summed E-state index contributed by atoms with van der Waals surface area (Å²) in [5, 5.41) is 10.5. The van der Waals surface area contributed by atoms with E-state index in [4.69, 9.17) is 0 Å². The van der Waals surface area contributed by atoms with Crippen LogP contribution in [-0.2, 0) is 0 Å². The maximum atomic E-state index is 11.9. The molecule has 1 heterocycles. The van der Waals surface area contributed by atoms with Crippen molar-refractivity contribution in [1.29, 1.82) is 0 Å². The number of nitrogens with zero attached hydrogens (tertiary/aromatic N) is 2. The van der Waals surface area contributed by atoms with Crippen LogP contribution in [-0.4, -0.2) is 15.7 Å². The number of carbonyl (C=O) groups excluding carboxylic acids is 1. The molecule has 0 fully saturated rings. The SMILES string of the molecule is O=C(c1ccc([N+](=O)[O-])cc1)c1cccnc1. The van der Waals surface area contributed by atoms with Gasteiger partial charge in [-0.2, -0.15) is 0 Å². The normalized spacial score (nSPS) is 9.88.